The number of fused-ring (bicyclic) bond motifs is 1. The number of hydrogen-bond donors (Lipinski definition) is 1. The van der Waals surface area contributed by atoms with Crippen molar-refractivity contribution < 1.29 is 4.74 Å². The van der Waals surface area contributed by atoms with E-state index in [0.29, 0.717) is 5.92 Å². The number of nitrogens with zero attached hydrogens (tertiary/aromatic N) is 1. The number of halogens is 1. The molecule has 2 heterocycles. The molecule has 0 aliphatic carbocycles. The van der Waals surface area contributed by atoms with Crippen molar-refractivity contribution in [1.82, 2.24) is 4.98 Å². The van der Waals surface area contributed by atoms with E-state index in [-0.39, 0.29) is 0 Å². The summed E-state index contributed by atoms with van der Waals surface area (Å²) in [6.45, 7) is 2.78. The van der Waals surface area contributed by atoms with Gasteiger partial charge in [0.15, 0.2) is 0 Å². The molecule has 0 radical (unpaired) electrons. The Bertz CT molecular complexity index is 567. The van der Waals surface area contributed by atoms with Crippen molar-refractivity contribution in [3.8, 4) is 0 Å². The first-order valence-electron chi connectivity index (χ1n) is 6.69. The van der Waals surface area contributed by atoms with Gasteiger partial charge in [0.1, 0.15) is 5.82 Å². The first kappa shape index (κ1) is 12.9. The summed E-state index contributed by atoms with van der Waals surface area (Å²) in [5, 5.41) is 5.82. The zero-order valence-electron chi connectivity index (χ0n) is 10.7. The number of anilines is 1. The van der Waals surface area contributed by atoms with Crippen molar-refractivity contribution in [1.29, 1.82) is 0 Å². The number of nitrogens with one attached hydrogen (secondary N) is 1. The molecule has 1 aliphatic rings. The fourth-order valence-electron chi connectivity index (χ4n) is 2.52. The molecule has 0 bridgehead atoms. The molecule has 0 amide bonds. The highest BCUT2D eigenvalue weighted by atomic mass is 79.9. The Morgan fingerprint density at radius 1 is 1.32 bits per heavy atom. The molecule has 0 spiro atoms. The molecule has 1 fully saturated rings. The van der Waals surface area contributed by atoms with E-state index in [9.17, 15) is 0 Å². The van der Waals surface area contributed by atoms with Gasteiger partial charge in [-0.1, -0.05) is 28.1 Å². The van der Waals surface area contributed by atoms with Crippen molar-refractivity contribution in [3.05, 3.63) is 34.9 Å². The van der Waals surface area contributed by atoms with E-state index in [1.807, 2.05) is 18.3 Å². The van der Waals surface area contributed by atoms with Crippen molar-refractivity contribution in [2.75, 3.05) is 25.1 Å². The molecule has 2 aromatic rings. The van der Waals surface area contributed by atoms with Crippen LogP contribution in [0.25, 0.3) is 10.8 Å². The third kappa shape index (κ3) is 2.90. The monoisotopic (exact) mass is 320 g/mol. The fraction of sp³-hybridized carbons (Fsp3) is 0.400. The summed E-state index contributed by atoms with van der Waals surface area (Å²) in [6, 6.07) is 8.25. The molecule has 3 nitrogen and oxygen atoms in total. The molecule has 1 unspecified atom stereocenters. The molecule has 4 heteroatoms. The normalized spacial score (nSPS) is 18.9. The van der Waals surface area contributed by atoms with E-state index < -0.39 is 0 Å². The van der Waals surface area contributed by atoms with Crippen LogP contribution in [-0.2, 0) is 4.74 Å². The highest BCUT2D eigenvalue weighted by molar-refractivity contribution is 9.10. The summed E-state index contributed by atoms with van der Waals surface area (Å²) < 4.78 is 6.51. The average molecular weight is 321 g/mol. The predicted octanol–water partition coefficient (Wildman–Crippen LogP) is 3.84. The fourth-order valence-corrected chi connectivity index (χ4v) is 3.01. The van der Waals surface area contributed by atoms with Crippen LogP contribution in [0, 0.1) is 5.92 Å². The molecule has 1 N–H and O–H groups in total. The van der Waals surface area contributed by atoms with E-state index in [4.69, 9.17) is 4.74 Å². The van der Waals surface area contributed by atoms with Gasteiger partial charge in [0.05, 0.1) is 0 Å². The van der Waals surface area contributed by atoms with Gasteiger partial charge >= 0.3 is 0 Å². The second-order valence-electron chi connectivity index (χ2n) is 4.94. The van der Waals surface area contributed by atoms with Crippen LogP contribution in [0.4, 0.5) is 5.82 Å². The average Bonchev–Trinajstić information content (AvgIpc) is 2.93. The Hall–Kier alpha value is -1.13. The van der Waals surface area contributed by atoms with E-state index in [0.717, 1.165) is 36.5 Å². The molecule has 3 rings (SSSR count). The zero-order valence-corrected chi connectivity index (χ0v) is 12.3. The van der Waals surface area contributed by atoms with Gasteiger partial charge in [-0.05, 0) is 30.9 Å². The second kappa shape index (κ2) is 5.88. The van der Waals surface area contributed by atoms with Gasteiger partial charge in [-0.15, -0.1) is 0 Å². The molecular formula is C15H17BrN2O. The smallest absolute Gasteiger partial charge is 0.133 e. The van der Waals surface area contributed by atoms with Gasteiger partial charge in [0, 0.05) is 41.2 Å². The summed E-state index contributed by atoms with van der Waals surface area (Å²) in [5.74, 6) is 1.67. The van der Waals surface area contributed by atoms with E-state index in [1.165, 1.54) is 17.2 Å². The predicted molar refractivity (Wildman–Crippen MR) is 81.5 cm³/mol. The van der Waals surface area contributed by atoms with Crippen LogP contribution in [0.5, 0.6) is 0 Å². The van der Waals surface area contributed by atoms with Crippen LogP contribution >= 0.6 is 15.9 Å². The summed E-state index contributed by atoms with van der Waals surface area (Å²) in [6.07, 6.45) is 4.19. The van der Waals surface area contributed by atoms with E-state index >= 15 is 0 Å². The molecular weight excluding hydrogens is 304 g/mol. The van der Waals surface area contributed by atoms with Gasteiger partial charge < -0.3 is 10.1 Å². The third-order valence-electron chi connectivity index (χ3n) is 3.62. The van der Waals surface area contributed by atoms with Crippen molar-refractivity contribution in [3.63, 3.8) is 0 Å². The topological polar surface area (TPSA) is 34.1 Å². The van der Waals surface area contributed by atoms with Gasteiger partial charge in [-0.25, -0.2) is 4.98 Å². The lowest BCUT2D eigenvalue weighted by Crippen LogP contribution is -2.10. The molecule has 19 heavy (non-hydrogen) atoms. The van der Waals surface area contributed by atoms with Gasteiger partial charge in [-0.3, -0.25) is 0 Å². The molecule has 1 aromatic carbocycles. The van der Waals surface area contributed by atoms with Gasteiger partial charge in [-0.2, -0.15) is 0 Å². The minimum Gasteiger partial charge on any atom is -0.381 e. The molecule has 0 saturated carbocycles. The number of pyridine rings is 1. The Balaban J connectivity index is 1.72. The second-order valence-corrected chi connectivity index (χ2v) is 5.79. The number of rotatable bonds is 4. The van der Waals surface area contributed by atoms with Crippen LogP contribution in [-0.4, -0.2) is 24.7 Å². The lowest BCUT2D eigenvalue weighted by molar-refractivity contribution is 0.185. The summed E-state index contributed by atoms with van der Waals surface area (Å²) in [4.78, 5) is 4.45. The molecule has 100 valence electrons. The summed E-state index contributed by atoms with van der Waals surface area (Å²) in [7, 11) is 0. The summed E-state index contributed by atoms with van der Waals surface area (Å²) >= 11 is 3.58. The number of benzene rings is 1. The van der Waals surface area contributed by atoms with Crippen molar-refractivity contribution >= 4 is 32.5 Å². The maximum absolute atomic E-state index is 5.40. The minimum absolute atomic E-state index is 0.703. The third-order valence-corrected chi connectivity index (χ3v) is 4.31. The first-order valence-corrected chi connectivity index (χ1v) is 7.49. The Labute approximate surface area is 121 Å². The van der Waals surface area contributed by atoms with Gasteiger partial charge in [0.2, 0.25) is 0 Å². The number of hydrogen-bond acceptors (Lipinski definition) is 3. The lowest BCUT2D eigenvalue weighted by Gasteiger charge is -2.11. The maximum atomic E-state index is 5.40. The number of ether oxygens (including phenoxy) is 1. The van der Waals surface area contributed by atoms with Gasteiger partial charge in [0.25, 0.3) is 0 Å². The number of aromatic nitrogens is 1. The standard InChI is InChI=1S/C15H17BrN2O/c16-14-3-1-2-13-12(14)5-8-18-15(13)17-7-4-11-6-9-19-10-11/h1-3,5,8,11H,4,6-7,9-10H2,(H,17,18). The molecule has 1 aromatic heterocycles. The highest BCUT2D eigenvalue weighted by Gasteiger charge is 2.15. The SMILES string of the molecule is Brc1cccc2c(NCCC3CCOC3)nccc12. The van der Waals surface area contributed by atoms with Crippen LogP contribution in [0.2, 0.25) is 0 Å². The molecule has 1 saturated heterocycles. The molecule has 1 aliphatic heterocycles. The highest BCUT2D eigenvalue weighted by Crippen LogP contribution is 2.27. The van der Waals surface area contributed by atoms with Crippen LogP contribution in [0.3, 0.4) is 0 Å². The zero-order chi connectivity index (χ0) is 13.1. The Morgan fingerprint density at radius 3 is 3.11 bits per heavy atom. The van der Waals surface area contributed by atoms with E-state index in [2.05, 4.69) is 38.4 Å². The van der Waals surface area contributed by atoms with E-state index in [1.54, 1.807) is 0 Å². The van der Waals surface area contributed by atoms with Crippen molar-refractivity contribution in [2.24, 2.45) is 5.92 Å². The maximum Gasteiger partial charge on any atom is 0.133 e. The van der Waals surface area contributed by atoms with Crippen LogP contribution < -0.4 is 5.32 Å². The van der Waals surface area contributed by atoms with Crippen LogP contribution in [0.1, 0.15) is 12.8 Å². The minimum atomic E-state index is 0.703. The Morgan fingerprint density at radius 2 is 2.26 bits per heavy atom. The lowest BCUT2D eigenvalue weighted by atomic mass is 10.1. The summed E-state index contributed by atoms with van der Waals surface area (Å²) in [5.41, 5.74) is 0. The Kier molecular flexibility index (Phi) is 3.99. The first-order chi connectivity index (χ1) is 9.34. The van der Waals surface area contributed by atoms with Crippen LogP contribution in [0.15, 0.2) is 34.9 Å². The quantitative estimate of drug-likeness (QED) is 0.929. The van der Waals surface area contributed by atoms with Crippen molar-refractivity contribution in [2.45, 2.75) is 12.8 Å². The largest absolute Gasteiger partial charge is 0.381 e. The molecule has 1 atom stereocenters.